The molecule has 0 N–H and O–H groups in total. The molecule has 1 atom stereocenters. The van der Waals surface area contributed by atoms with Gasteiger partial charge in [0.25, 0.3) is 0 Å². The third-order valence-electron chi connectivity index (χ3n) is 5.59. The van der Waals surface area contributed by atoms with Crippen LogP contribution in [0, 0.1) is 0 Å². The van der Waals surface area contributed by atoms with Crippen LogP contribution in [0.3, 0.4) is 0 Å². The number of ether oxygens (including phenoxy) is 2. The average molecular weight is 350 g/mol. The minimum Gasteiger partial charge on any atom is -0.490 e. The second-order valence-corrected chi connectivity index (χ2v) is 7.38. The van der Waals surface area contributed by atoms with Crippen LogP contribution in [0.25, 0.3) is 0 Å². The molecule has 2 aliphatic rings. The van der Waals surface area contributed by atoms with E-state index in [0.717, 1.165) is 37.9 Å². The molecule has 0 amide bonds. The van der Waals surface area contributed by atoms with Crippen molar-refractivity contribution in [2.24, 2.45) is 0 Å². The van der Waals surface area contributed by atoms with E-state index in [9.17, 15) is 4.79 Å². The number of esters is 1. The van der Waals surface area contributed by atoms with Crippen LogP contribution in [0.2, 0.25) is 0 Å². The Morgan fingerprint density at radius 1 is 1.08 bits per heavy atom. The highest BCUT2D eigenvalue weighted by molar-refractivity contribution is 5.70. The van der Waals surface area contributed by atoms with Gasteiger partial charge in [-0.2, -0.15) is 0 Å². The highest BCUT2D eigenvalue weighted by Gasteiger charge is 2.25. The van der Waals surface area contributed by atoms with Crippen LogP contribution in [0.4, 0.5) is 0 Å². The van der Waals surface area contributed by atoms with Crippen molar-refractivity contribution in [2.45, 2.75) is 57.5 Å². The second kappa shape index (κ2) is 7.53. The lowest BCUT2D eigenvalue weighted by atomic mass is 9.81. The molecule has 0 heterocycles. The van der Waals surface area contributed by atoms with Crippen molar-refractivity contribution in [3.05, 3.63) is 64.7 Å². The normalized spacial score (nSPS) is 18.9. The zero-order valence-electron chi connectivity index (χ0n) is 15.4. The Hall–Kier alpha value is -2.29. The molecule has 2 aliphatic carbocycles. The van der Waals surface area contributed by atoms with Crippen LogP contribution in [0.1, 0.15) is 54.4 Å². The number of aryl methyl sites for hydroxylation is 1. The first-order chi connectivity index (χ1) is 12.7. The predicted molar refractivity (Wildman–Crippen MR) is 102 cm³/mol. The van der Waals surface area contributed by atoms with Crippen LogP contribution < -0.4 is 4.74 Å². The largest absolute Gasteiger partial charge is 0.490 e. The van der Waals surface area contributed by atoms with Crippen LogP contribution >= 0.6 is 0 Å². The van der Waals surface area contributed by atoms with Gasteiger partial charge in [-0.05, 0) is 66.5 Å². The quantitative estimate of drug-likeness (QED) is 0.739. The summed E-state index contributed by atoms with van der Waals surface area (Å²) in [7, 11) is 0. The van der Waals surface area contributed by atoms with Gasteiger partial charge >= 0.3 is 5.97 Å². The molecular formula is C23H26O3. The van der Waals surface area contributed by atoms with Crippen LogP contribution in [-0.4, -0.2) is 18.7 Å². The molecule has 2 aromatic rings. The van der Waals surface area contributed by atoms with E-state index in [4.69, 9.17) is 9.47 Å². The molecule has 0 unspecified atom stereocenters. The Labute approximate surface area is 155 Å². The third-order valence-corrected chi connectivity index (χ3v) is 5.59. The van der Waals surface area contributed by atoms with Gasteiger partial charge in [-0.15, -0.1) is 0 Å². The number of hydrogen-bond acceptors (Lipinski definition) is 3. The molecule has 0 saturated heterocycles. The Kier molecular flexibility index (Phi) is 4.96. The summed E-state index contributed by atoms with van der Waals surface area (Å²) < 4.78 is 11.4. The lowest BCUT2D eigenvalue weighted by molar-refractivity contribution is -0.143. The van der Waals surface area contributed by atoms with Crippen LogP contribution in [0.15, 0.2) is 42.5 Å². The first-order valence-corrected chi connectivity index (χ1v) is 9.75. The molecule has 26 heavy (non-hydrogen) atoms. The zero-order valence-corrected chi connectivity index (χ0v) is 15.4. The number of benzene rings is 2. The van der Waals surface area contributed by atoms with Crippen molar-refractivity contribution in [2.75, 3.05) is 6.61 Å². The van der Waals surface area contributed by atoms with E-state index in [0.29, 0.717) is 13.0 Å². The van der Waals surface area contributed by atoms with Gasteiger partial charge in [0.05, 0.1) is 13.0 Å². The highest BCUT2D eigenvalue weighted by Crippen LogP contribution is 2.36. The summed E-state index contributed by atoms with van der Waals surface area (Å²) in [6.45, 7) is 2.31. The molecule has 3 heteroatoms. The van der Waals surface area contributed by atoms with Crippen molar-refractivity contribution < 1.29 is 14.3 Å². The zero-order chi connectivity index (χ0) is 17.9. The average Bonchev–Trinajstić information content (AvgIpc) is 3.04. The summed E-state index contributed by atoms with van der Waals surface area (Å²) in [5.41, 5.74) is 5.44. The Morgan fingerprint density at radius 3 is 2.58 bits per heavy atom. The second-order valence-electron chi connectivity index (χ2n) is 7.38. The van der Waals surface area contributed by atoms with Crippen molar-refractivity contribution in [1.29, 1.82) is 0 Å². The molecule has 4 rings (SSSR count). The molecule has 3 nitrogen and oxygen atoms in total. The first-order valence-electron chi connectivity index (χ1n) is 9.75. The van der Waals surface area contributed by atoms with Gasteiger partial charge < -0.3 is 9.47 Å². The number of carbonyl (C=O) groups is 1. The number of hydrogen-bond donors (Lipinski definition) is 0. The highest BCUT2D eigenvalue weighted by atomic mass is 16.5. The maximum Gasteiger partial charge on any atom is 0.306 e. The molecule has 0 radical (unpaired) electrons. The third kappa shape index (κ3) is 3.62. The minimum absolute atomic E-state index is 0.0885. The monoisotopic (exact) mass is 350 g/mol. The van der Waals surface area contributed by atoms with E-state index in [1.165, 1.54) is 22.3 Å². The molecular weight excluding hydrogens is 324 g/mol. The molecule has 0 spiro atoms. The van der Waals surface area contributed by atoms with Crippen LogP contribution in [-0.2, 0) is 28.8 Å². The molecule has 0 aromatic heterocycles. The van der Waals surface area contributed by atoms with Crippen molar-refractivity contribution in [3.8, 4) is 5.75 Å². The SMILES string of the molecule is CCOC(=O)C[C@H]1CCCc2cc(OC3Cc4ccccc4C3)ccc21. The van der Waals surface area contributed by atoms with E-state index in [1.54, 1.807) is 0 Å². The summed E-state index contributed by atoms with van der Waals surface area (Å²) >= 11 is 0. The summed E-state index contributed by atoms with van der Waals surface area (Å²) in [4.78, 5) is 11.9. The van der Waals surface area contributed by atoms with Crippen molar-refractivity contribution in [3.63, 3.8) is 0 Å². The number of carbonyl (C=O) groups excluding carboxylic acids is 1. The first kappa shape index (κ1) is 17.1. The lowest BCUT2D eigenvalue weighted by Crippen LogP contribution is -2.18. The molecule has 2 aromatic carbocycles. The van der Waals surface area contributed by atoms with Gasteiger partial charge in [-0.25, -0.2) is 0 Å². The molecule has 0 fully saturated rings. The summed E-state index contributed by atoms with van der Waals surface area (Å²) in [6, 6.07) is 15.0. The summed E-state index contributed by atoms with van der Waals surface area (Å²) in [5.74, 6) is 1.15. The van der Waals surface area contributed by atoms with E-state index < -0.39 is 0 Å². The topological polar surface area (TPSA) is 35.5 Å². The molecule has 136 valence electrons. The Morgan fingerprint density at radius 2 is 1.85 bits per heavy atom. The molecule has 0 bridgehead atoms. The van der Waals surface area contributed by atoms with E-state index in [2.05, 4.69) is 42.5 Å². The van der Waals surface area contributed by atoms with Crippen molar-refractivity contribution >= 4 is 5.97 Å². The van der Waals surface area contributed by atoms with Gasteiger partial charge in [-0.1, -0.05) is 30.3 Å². The smallest absolute Gasteiger partial charge is 0.306 e. The summed E-state index contributed by atoms with van der Waals surface area (Å²) in [5, 5.41) is 0. The maximum absolute atomic E-state index is 11.9. The van der Waals surface area contributed by atoms with E-state index >= 15 is 0 Å². The fraction of sp³-hybridized carbons (Fsp3) is 0.435. The van der Waals surface area contributed by atoms with E-state index in [-0.39, 0.29) is 18.0 Å². The Balaban J connectivity index is 1.45. The van der Waals surface area contributed by atoms with Crippen LogP contribution in [0.5, 0.6) is 5.75 Å². The van der Waals surface area contributed by atoms with Gasteiger partial charge in [0.2, 0.25) is 0 Å². The van der Waals surface area contributed by atoms with Crippen molar-refractivity contribution in [1.82, 2.24) is 0 Å². The van der Waals surface area contributed by atoms with Gasteiger partial charge in [-0.3, -0.25) is 4.79 Å². The standard InChI is InChI=1S/C23H26O3/c1-2-25-23(24)15-19-9-5-8-18-14-20(10-11-22(18)19)26-21-12-16-6-3-4-7-17(16)13-21/h3-4,6-7,10-11,14,19,21H,2,5,8-9,12-13,15H2,1H3/t19-/m1/s1. The maximum atomic E-state index is 11.9. The summed E-state index contributed by atoms with van der Waals surface area (Å²) in [6.07, 6.45) is 5.93. The Bertz CT molecular complexity index is 771. The fourth-order valence-electron chi connectivity index (χ4n) is 4.39. The molecule has 0 aliphatic heterocycles. The van der Waals surface area contributed by atoms with E-state index in [1.807, 2.05) is 6.92 Å². The minimum atomic E-state index is -0.0885. The van der Waals surface area contributed by atoms with Gasteiger partial charge in [0, 0.05) is 12.8 Å². The van der Waals surface area contributed by atoms with Gasteiger partial charge in [0.1, 0.15) is 11.9 Å². The lowest BCUT2D eigenvalue weighted by Gasteiger charge is -2.26. The fourth-order valence-corrected chi connectivity index (χ4v) is 4.39. The molecule has 0 saturated carbocycles. The number of fused-ring (bicyclic) bond motifs is 2. The van der Waals surface area contributed by atoms with Gasteiger partial charge in [0.15, 0.2) is 0 Å². The predicted octanol–water partition coefficient (Wildman–Crippen LogP) is 4.61. The number of rotatable bonds is 5.